The molecule has 1 nitrogen and oxygen atoms in total. The van der Waals surface area contributed by atoms with Crippen LogP contribution in [0.2, 0.25) is 0 Å². The molecule has 1 aromatic heterocycles. The molecule has 0 aliphatic carbocycles. The molecular weight excluding hydrogens is 170 g/mol. The Morgan fingerprint density at radius 3 is 2.36 bits per heavy atom. The molecule has 0 amide bonds. The van der Waals surface area contributed by atoms with Gasteiger partial charge in [0.25, 0.3) is 0 Å². The molecule has 1 radical (unpaired) electrons. The van der Waals surface area contributed by atoms with Gasteiger partial charge in [-0.1, -0.05) is 23.3 Å². The van der Waals surface area contributed by atoms with Gasteiger partial charge in [-0.3, -0.25) is 0 Å². The predicted molar refractivity (Wildman–Crippen MR) is 58.0 cm³/mol. The van der Waals surface area contributed by atoms with Gasteiger partial charge in [0.1, 0.15) is 0 Å². The second-order valence-corrected chi connectivity index (χ2v) is 3.53. The van der Waals surface area contributed by atoms with Crippen molar-refractivity contribution in [1.29, 1.82) is 0 Å². The number of pyridine rings is 1. The molecule has 2 aromatic rings. The topological polar surface area (TPSA) is 12.9 Å². The van der Waals surface area contributed by atoms with E-state index in [0.29, 0.717) is 0 Å². The van der Waals surface area contributed by atoms with Gasteiger partial charge in [0.15, 0.2) is 0 Å². The third kappa shape index (κ3) is 1.82. The highest BCUT2D eigenvalue weighted by Crippen LogP contribution is 2.19. The highest BCUT2D eigenvalue weighted by atomic mass is 14.7. The summed E-state index contributed by atoms with van der Waals surface area (Å²) in [6.07, 6.45) is 2.85. The van der Waals surface area contributed by atoms with Gasteiger partial charge in [-0.05, 0) is 38.1 Å². The fourth-order valence-electron chi connectivity index (χ4n) is 1.61. The van der Waals surface area contributed by atoms with E-state index >= 15 is 0 Å². The largest absolute Gasteiger partial charge is 0.246 e. The van der Waals surface area contributed by atoms with E-state index in [2.05, 4.69) is 43.2 Å². The second kappa shape index (κ2) is 3.62. The van der Waals surface area contributed by atoms with Crippen LogP contribution in [0, 0.1) is 20.0 Å². The fourth-order valence-corrected chi connectivity index (χ4v) is 1.61. The molecule has 0 saturated carbocycles. The van der Waals surface area contributed by atoms with Crippen molar-refractivity contribution >= 4 is 0 Å². The van der Waals surface area contributed by atoms with E-state index in [4.69, 9.17) is 0 Å². The first-order chi connectivity index (χ1) is 6.75. The van der Waals surface area contributed by atoms with Crippen molar-refractivity contribution in [3.05, 3.63) is 53.7 Å². The molecule has 14 heavy (non-hydrogen) atoms. The molecule has 0 unspecified atom stereocenters. The minimum absolute atomic E-state index is 0.985. The van der Waals surface area contributed by atoms with Crippen LogP contribution in [0.3, 0.4) is 0 Å². The maximum Gasteiger partial charge on any atom is 0.0893 e. The summed E-state index contributed by atoms with van der Waals surface area (Å²) >= 11 is 0. The van der Waals surface area contributed by atoms with Crippen LogP contribution in [0.5, 0.6) is 0 Å². The lowest BCUT2D eigenvalue weighted by Crippen LogP contribution is -1.85. The Hall–Kier alpha value is -1.63. The Morgan fingerprint density at radius 1 is 1.07 bits per heavy atom. The molecule has 1 aromatic carbocycles. The van der Waals surface area contributed by atoms with Crippen LogP contribution in [-0.2, 0) is 0 Å². The lowest BCUT2D eigenvalue weighted by atomic mass is 10.0. The Bertz CT molecular complexity index is 412. The van der Waals surface area contributed by atoms with Crippen molar-refractivity contribution in [2.75, 3.05) is 0 Å². The standard InChI is InChI=1S/C13H12N/c1-10-7-11(2)9-12(8-10)13-5-3-4-6-14-13/h3-5,7-9H,1-2H3. The van der Waals surface area contributed by atoms with Crippen LogP contribution in [0.4, 0.5) is 0 Å². The van der Waals surface area contributed by atoms with E-state index in [9.17, 15) is 0 Å². The maximum absolute atomic E-state index is 4.21. The summed E-state index contributed by atoms with van der Waals surface area (Å²) in [6, 6.07) is 12.2. The van der Waals surface area contributed by atoms with Crippen molar-refractivity contribution in [1.82, 2.24) is 4.98 Å². The summed E-state index contributed by atoms with van der Waals surface area (Å²) in [6.45, 7) is 4.20. The van der Waals surface area contributed by atoms with E-state index in [-0.39, 0.29) is 0 Å². The molecule has 69 valence electrons. The molecule has 0 spiro atoms. The lowest BCUT2D eigenvalue weighted by molar-refractivity contribution is 1.29. The van der Waals surface area contributed by atoms with Gasteiger partial charge in [-0.25, -0.2) is 4.98 Å². The minimum atomic E-state index is 0.985. The van der Waals surface area contributed by atoms with Crippen molar-refractivity contribution in [2.45, 2.75) is 13.8 Å². The zero-order valence-corrected chi connectivity index (χ0v) is 8.41. The van der Waals surface area contributed by atoms with Crippen molar-refractivity contribution in [3.63, 3.8) is 0 Å². The molecular formula is C13H12N. The summed E-state index contributed by atoms with van der Waals surface area (Å²) in [5, 5.41) is 0. The first kappa shape index (κ1) is 8.95. The van der Waals surface area contributed by atoms with E-state index in [1.165, 1.54) is 16.7 Å². The van der Waals surface area contributed by atoms with Crippen LogP contribution in [0.1, 0.15) is 11.1 Å². The van der Waals surface area contributed by atoms with Crippen LogP contribution in [0.15, 0.2) is 36.4 Å². The van der Waals surface area contributed by atoms with Crippen LogP contribution in [-0.4, -0.2) is 4.98 Å². The number of hydrogen-bond donors (Lipinski definition) is 0. The normalized spacial score (nSPS) is 10.1. The molecule has 0 bridgehead atoms. The summed E-state index contributed by atoms with van der Waals surface area (Å²) < 4.78 is 0. The Balaban J connectivity index is 2.52. The van der Waals surface area contributed by atoms with E-state index in [1.54, 1.807) is 0 Å². The van der Waals surface area contributed by atoms with Crippen molar-refractivity contribution in [2.24, 2.45) is 0 Å². The Morgan fingerprint density at radius 2 is 1.79 bits per heavy atom. The average Bonchev–Trinajstić information content (AvgIpc) is 2.18. The molecule has 0 fully saturated rings. The molecule has 0 aliphatic rings. The van der Waals surface area contributed by atoms with Gasteiger partial charge in [0, 0.05) is 5.56 Å². The summed E-state index contributed by atoms with van der Waals surface area (Å²) in [5.74, 6) is 0. The zero-order valence-electron chi connectivity index (χ0n) is 8.41. The van der Waals surface area contributed by atoms with Gasteiger partial charge in [-0.2, -0.15) is 0 Å². The molecule has 0 N–H and O–H groups in total. The van der Waals surface area contributed by atoms with E-state index < -0.39 is 0 Å². The quantitative estimate of drug-likeness (QED) is 0.660. The summed E-state index contributed by atoms with van der Waals surface area (Å²) in [5.41, 5.74) is 4.69. The summed E-state index contributed by atoms with van der Waals surface area (Å²) in [7, 11) is 0. The van der Waals surface area contributed by atoms with Crippen molar-refractivity contribution < 1.29 is 0 Å². The predicted octanol–water partition coefficient (Wildman–Crippen LogP) is 3.17. The number of aryl methyl sites for hydroxylation is 2. The van der Waals surface area contributed by atoms with E-state index in [1.807, 2.05) is 18.2 Å². The third-order valence-electron chi connectivity index (χ3n) is 2.13. The van der Waals surface area contributed by atoms with Crippen LogP contribution in [0.25, 0.3) is 11.3 Å². The summed E-state index contributed by atoms with van der Waals surface area (Å²) in [4.78, 5) is 4.21. The molecule has 0 aliphatic heterocycles. The highest BCUT2D eigenvalue weighted by Gasteiger charge is 1.99. The molecule has 0 saturated heterocycles. The highest BCUT2D eigenvalue weighted by molar-refractivity contribution is 5.60. The number of hydrogen-bond acceptors (Lipinski definition) is 1. The SMILES string of the molecule is Cc1cc(C)cc(-c2ccc[c]n2)c1. The fraction of sp³-hybridized carbons (Fsp3) is 0.154. The van der Waals surface area contributed by atoms with E-state index in [0.717, 1.165) is 5.69 Å². The first-order valence-corrected chi connectivity index (χ1v) is 4.67. The van der Waals surface area contributed by atoms with Gasteiger partial charge >= 0.3 is 0 Å². The van der Waals surface area contributed by atoms with Gasteiger partial charge in [-0.15, -0.1) is 0 Å². The monoisotopic (exact) mass is 182 g/mol. The van der Waals surface area contributed by atoms with Crippen molar-refractivity contribution in [3.8, 4) is 11.3 Å². The number of benzene rings is 1. The number of nitrogens with zero attached hydrogens (tertiary/aromatic N) is 1. The van der Waals surface area contributed by atoms with Gasteiger partial charge in [0.05, 0.1) is 11.9 Å². The first-order valence-electron chi connectivity index (χ1n) is 4.67. The van der Waals surface area contributed by atoms with Gasteiger partial charge in [0.2, 0.25) is 0 Å². The number of aromatic nitrogens is 1. The molecule has 2 rings (SSSR count). The zero-order chi connectivity index (χ0) is 9.97. The van der Waals surface area contributed by atoms with Gasteiger partial charge < -0.3 is 0 Å². The third-order valence-corrected chi connectivity index (χ3v) is 2.13. The number of rotatable bonds is 1. The Labute approximate surface area is 84.4 Å². The molecule has 1 heteroatoms. The smallest absolute Gasteiger partial charge is 0.0893 e. The lowest BCUT2D eigenvalue weighted by Gasteiger charge is -2.03. The molecule has 0 atom stereocenters. The molecule has 1 heterocycles. The minimum Gasteiger partial charge on any atom is -0.246 e. The Kier molecular flexibility index (Phi) is 2.32. The second-order valence-electron chi connectivity index (χ2n) is 3.53. The van der Waals surface area contributed by atoms with Crippen LogP contribution < -0.4 is 0 Å². The maximum atomic E-state index is 4.21. The average molecular weight is 182 g/mol. The van der Waals surface area contributed by atoms with Crippen LogP contribution >= 0.6 is 0 Å².